The molecule has 0 amide bonds. The van der Waals surface area contributed by atoms with E-state index in [4.69, 9.17) is 15.2 Å². The molecule has 0 aliphatic rings. The summed E-state index contributed by atoms with van der Waals surface area (Å²) in [5, 5.41) is 0. The van der Waals surface area contributed by atoms with E-state index in [-0.39, 0.29) is 6.04 Å². The smallest absolute Gasteiger partial charge is 0.165 e. The lowest BCUT2D eigenvalue weighted by atomic mass is 10.0. The van der Waals surface area contributed by atoms with E-state index < -0.39 is 0 Å². The van der Waals surface area contributed by atoms with Gasteiger partial charge in [-0.05, 0) is 27.2 Å². The minimum Gasteiger partial charge on any atom is -0.493 e. The average molecular weight is 281 g/mol. The summed E-state index contributed by atoms with van der Waals surface area (Å²) in [6.45, 7) is 2.46. The summed E-state index contributed by atoms with van der Waals surface area (Å²) in [6, 6.07) is 6.03. The van der Waals surface area contributed by atoms with Crippen molar-refractivity contribution in [3.63, 3.8) is 0 Å². The van der Waals surface area contributed by atoms with Crippen LogP contribution in [0.1, 0.15) is 11.6 Å². The number of methoxy groups -OCH3 is 2. The molecular weight excluding hydrogens is 254 g/mol. The molecule has 0 heterocycles. The van der Waals surface area contributed by atoms with Crippen molar-refractivity contribution in [3.05, 3.63) is 23.8 Å². The van der Waals surface area contributed by atoms with Gasteiger partial charge < -0.3 is 20.1 Å². The van der Waals surface area contributed by atoms with Crippen LogP contribution in [0.5, 0.6) is 11.5 Å². The highest BCUT2D eigenvalue weighted by Gasteiger charge is 2.21. The third-order valence-electron chi connectivity index (χ3n) is 3.45. The Bertz CT molecular complexity index is 410. The van der Waals surface area contributed by atoms with Gasteiger partial charge in [0.1, 0.15) is 0 Å². The van der Waals surface area contributed by atoms with Crippen molar-refractivity contribution in [1.29, 1.82) is 0 Å². The van der Waals surface area contributed by atoms with Crippen LogP contribution in [0.2, 0.25) is 0 Å². The van der Waals surface area contributed by atoms with Gasteiger partial charge in [0.15, 0.2) is 11.5 Å². The van der Waals surface area contributed by atoms with Crippen molar-refractivity contribution in [3.8, 4) is 11.5 Å². The Balaban J connectivity index is 2.99. The van der Waals surface area contributed by atoms with Crippen molar-refractivity contribution in [2.75, 3.05) is 55.0 Å². The van der Waals surface area contributed by atoms with Gasteiger partial charge in [0.25, 0.3) is 0 Å². The van der Waals surface area contributed by atoms with Gasteiger partial charge in [-0.3, -0.25) is 4.90 Å². The van der Waals surface area contributed by atoms with Gasteiger partial charge >= 0.3 is 0 Å². The molecular formula is C15H27N3O2. The lowest BCUT2D eigenvalue weighted by Crippen LogP contribution is -2.35. The number of rotatable bonds is 8. The number of hydrogen-bond acceptors (Lipinski definition) is 5. The van der Waals surface area contributed by atoms with E-state index in [1.54, 1.807) is 14.2 Å². The molecule has 0 saturated heterocycles. The van der Waals surface area contributed by atoms with Crippen molar-refractivity contribution < 1.29 is 9.47 Å². The number of benzene rings is 1. The molecule has 20 heavy (non-hydrogen) atoms. The Labute approximate surface area is 122 Å². The topological polar surface area (TPSA) is 51.0 Å². The van der Waals surface area contributed by atoms with Crippen LogP contribution in [0.15, 0.2) is 18.2 Å². The van der Waals surface area contributed by atoms with E-state index in [1.807, 2.05) is 18.2 Å². The van der Waals surface area contributed by atoms with Crippen LogP contribution in [-0.2, 0) is 0 Å². The van der Waals surface area contributed by atoms with Crippen molar-refractivity contribution >= 4 is 0 Å². The lowest BCUT2D eigenvalue weighted by Gasteiger charge is -2.29. The number of ether oxygens (including phenoxy) is 2. The Morgan fingerprint density at radius 2 is 1.80 bits per heavy atom. The molecule has 0 spiro atoms. The molecule has 114 valence electrons. The van der Waals surface area contributed by atoms with Gasteiger partial charge in [0.2, 0.25) is 0 Å². The summed E-state index contributed by atoms with van der Waals surface area (Å²) in [7, 11) is 9.53. The molecule has 0 aliphatic heterocycles. The van der Waals surface area contributed by atoms with Crippen LogP contribution in [-0.4, -0.2) is 64.8 Å². The number of nitrogens with two attached hydrogens (primary N) is 1. The van der Waals surface area contributed by atoms with E-state index in [0.717, 1.165) is 30.2 Å². The maximum absolute atomic E-state index is 5.98. The van der Waals surface area contributed by atoms with Crippen LogP contribution in [0.4, 0.5) is 0 Å². The SMILES string of the molecule is COc1cccc(C(CN)N(C)CCN(C)C)c1OC. The first-order chi connectivity index (χ1) is 9.54. The van der Waals surface area contributed by atoms with Gasteiger partial charge in [0, 0.05) is 25.2 Å². The highest BCUT2D eigenvalue weighted by molar-refractivity contribution is 5.48. The predicted molar refractivity (Wildman–Crippen MR) is 82.5 cm³/mol. The summed E-state index contributed by atoms with van der Waals surface area (Å²) in [6.07, 6.45) is 0. The molecule has 0 aliphatic carbocycles. The van der Waals surface area contributed by atoms with E-state index >= 15 is 0 Å². The summed E-state index contributed by atoms with van der Waals surface area (Å²) in [4.78, 5) is 4.41. The maximum Gasteiger partial charge on any atom is 0.165 e. The molecule has 5 nitrogen and oxygen atoms in total. The molecule has 1 aromatic rings. The summed E-state index contributed by atoms with van der Waals surface area (Å²) in [5.41, 5.74) is 7.04. The zero-order valence-corrected chi connectivity index (χ0v) is 13.2. The fraction of sp³-hybridized carbons (Fsp3) is 0.600. The van der Waals surface area contributed by atoms with Crippen LogP contribution in [0.25, 0.3) is 0 Å². The third kappa shape index (κ3) is 4.10. The number of nitrogens with zero attached hydrogens (tertiary/aromatic N) is 2. The van der Waals surface area contributed by atoms with E-state index in [9.17, 15) is 0 Å². The highest BCUT2D eigenvalue weighted by atomic mass is 16.5. The molecule has 1 aromatic carbocycles. The average Bonchev–Trinajstić information content (AvgIpc) is 2.45. The molecule has 0 bridgehead atoms. The van der Waals surface area contributed by atoms with E-state index in [2.05, 4.69) is 30.9 Å². The Morgan fingerprint density at radius 1 is 1.10 bits per heavy atom. The van der Waals surface area contributed by atoms with Crippen LogP contribution in [0, 0.1) is 0 Å². The van der Waals surface area contributed by atoms with Crippen LogP contribution in [0.3, 0.4) is 0 Å². The normalized spacial score (nSPS) is 12.8. The molecule has 0 aromatic heterocycles. The molecule has 5 heteroatoms. The minimum atomic E-state index is 0.111. The zero-order valence-electron chi connectivity index (χ0n) is 13.2. The molecule has 0 radical (unpaired) electrons. The van der Waals surface area contributed by atoms with Gasteiger partial charge in [-0.2, -0.15) is 0 Å². The monoisotopic (exact) mass is 281 g/mol. The molecule has 0 fully saturated rings. The quantitative estimate of drug-likeness (QED) is 0.776. The first-order valence-electron chi connectivity index (χ1n) is 6.81. The first kappa shape index (κ1) is 16.8. The van der Waals surface area contributed by atoms with Crippen molar-refractivity contribution in [1.82, 2.24) is 9.80 Å². The first-order valence-corrected chi connectivity index (χ1v) is 6.81. The fourth-order valence-corrected chi connectivity index (χ4v) is 2.23. The molecule has 1 unspecified atom stereocenters. The molecule has 0 saturated carbocycles. The summed E-state index contributed by atoms with van der Waals surface area (Å²) >= 11 is 0. The zero-order chi connectivity index (χ0) is 15.1. The van der Waals surface area contributed by atoms with Crippen molar-refractivity contribution in [2.24, 2.45) is 5.73 Å². The highest BCUT2D eigenvalue weighted by Crippen LogP contribution is 2.36. The minimum absolute atomic E-state index is 0.111. The fourth-order valence-electron chi connectivity index (χ4n) is 2.23. The molecule has 2 N–H and O–H groups in total. The standard InChI is InChI=1S/C15H27N3O2/c1-17(2)9-10-18(3)13(11-16)12-7-6-8-14(19-4)15(12)20-5/h6-8,13H,9-11,16H2,1-5H3. The second-order valence-electron chi connectivity index (χ2n) is 5.12. The van der Waals surface area contributed by atoms with Crippen molar-refractivity contribution in [2.45, 2.75) is 6.04 Å². The van der Waals surface area contributed by atoms with Crippen LogP contribution >= 0.6 is 0 Å². The number of hydrogen-bond donors (Lipinski definition) is 1. The van der Waals surface area contributed by atoms with Crippen LogP contribution < -0.4 is 15.2 Å². The van der Waals surface area contributed by atoms with Gasteiger partial charge in [-0.15, -0.1) is 0 Å². The second kappa shape index (κ2) is 8.09. The van der Waals surface area contributed by atoms with E-state index in [0.29, 0.717) is 6.54 Å². The van der Waals surface area contributed by atoms with E-state index in [1.165, 1.54) is 0 Å². The Morgan fingerprint density at radius 3 is 2.30 bits per heavy atom. The van der Waals surface area contributed by atoms with Gasteiger partial charge in [-0.25, -0.2) is 0 Å². The maximum atomic E-state index is 5.98. The second-order valence-corrected chi connectivity index (χ2v) is 5.12. The third-order valence-corrected chi connectivity index (χ3v) is 3.45. The predicted octanol–water partition coefficient (Wildman–Crippen LogP) is 1.20. The number of likely N-dealkylation sites (N-methyl/N-ethyl adjacent to an activating group) is 2. The van der Waals surface area contributed by atoms with Gasteiger partial charge in [-0.1, -0.05) is 12.1 Å². The lowest BCUT2D eigenvalue weighted by molar-refractivity contribution is 0.217. The number of para-hydroxylation sites is 1. The molecule has 1 atom stereocenters. The summed E-state index contributed by atoms with van der Waals surface area (Å²) in [5.74, 6) is 1.51. The Hall–Kier alpha value is -1.30. The van der Waals surface area contributed by atoms with Gasteiger partial charge in [0.05, 0.1) is 20.3 Å². The Kier molecular flexibility index (Phi) is 6.78. The molecule has 1 rings (SSSR count). The largest absolute Gasteiger partial charge is 0.493 e. The summed E-state index contributed by atoms with van der Waals surface area (Å²) < 4.78 is 10.9.